The van der Waals surface area contributed by atoms with E-state index >= 15 is 0 Å². The number of alkyl carbamates (subject to hydrolysis) is 2. The summed E-state index contributed by atoms with van der Waals surface area (Å²) in [5.74, 6) is 1.22. The maximum Gasteiger partial charge on any atom is 0.408 e. The predicted molar refractivity (Wildman–Crippen MR) is 234 cm³/mol. The minimum atomic E-state index is -1.75. The van der Waals surface area contributed by atoms with Crippen molar-refractivity contribution in [2.45, 2.75) is 136 Å². The van der Waals surface area contributed by atoms with Gasteiger partial charge in [0.1, 0.15) is 34.9 Å². The fourth-order valence-electron chi connectivity index (χ4n) is 8.03. The lowest BCUT2D eigenvalue weighted by Crippen LogP contribution is -2.50. The largest absolute Gasteiger partial charge is 0.444 e. The van der Waals surface area contributed by atoms with Gasteiger partial charge in [0.05, 0.1) is 43.9 Å². The highest BCUT2D eigenvalue weighted by Crippen LogP contribution is 2.38. The number of carbonyl (C=O) groups excluding carboxylic acids is 4. The minimum absolute atomic E-state index is 0.115. The normalized spacial score (nSPS) is 18.8. The molecule has 6 rings (SSSR count). The first-order valence-corrected chi connectivity index (χ1v) is 24.6. The van der Waals surface area contributed by atoms with E-state index in [9.17, 15) is 19.2 Å². The fourth-order valence-corrected chi connectivity index (χ4v) is 10.9. The van der Waals surface area contributed by atoms with E-state index in [1.54, 1.807) is 41.5 Å². The summed E-state index contributed by atoms with van der Waals surface area (Å²) in [7, 11) is -1.75. The molecule has 4 amide bonds. The van der Waals surface area contributed by atoms with Gasteiger partial charge in [0, 0.05) is 12.7 Å². The Hall–Kier alpha value is -5.44. The molecule has 15 heteroatoms. The number of ether oxygens (including phenoxy) is 2. The van der Waals surface area contributed by atoms with Gasteiger partial charge in [-0.3, -0.25) is 9.59 Å². The highest BCUT2D eigenvalue weighted by molar-refractivity contribution is 6.78. The number of nitrogens with zero attached hydrogens (tertiary/aromatic N) is 4. The van der Waals surface area contributed by atoms with Crippen molar-refractivity contribution >= 4 is 32.1 Å². The summed E-state index contributed by atoms with van der Waals surface area (Å²) >= 11 is 0. The third-order valence-electron chi connectivity index (χ3n) is 10.9. The van der Waals surface area contributed by atoms with Crippen molar-refractivity contribution in [1.82, 2.24) is 40.4 Å². The number of likely N-dealkylation sites (tertiary alicyclic amines) is 1. The molecular weight excluding hydrogens is 777 g/mol. The molecule has 322 valence electrons. The van der Waals surface area contributed by atoms with Crippen molar-refractivity contribution in [3.05, 3.63) is 72.6 Å². The van der Waals surface area contributed by atoms with Crippen molar-refractivity contribution < 1.29 is 28.7 Å². The van der Waals surface area contributed by atoms with Gasteiger partial charge in [0.25, 0.3) is 0 Å². The molecule has 2 aromatic carbocycles. The van der Waals surface area contributed by atoms with E-state index in [1.807, 2.05) is 36.0 Å². The molecule has 0 radical (unpaired) electrons. The van der Waals surface area contributed by atoms with E-state index in [1.165, 1.54) is 0 Å². The molecule has 2 saturated heterocycles. The Morgan fingerprint density at radius 1 is 0.700 bits per heavy atom. The summed E-state index contributed by atoms with van der Waals surface area (Å²) in [5, 5.41) is 5.55. The second-order valence-electron chi connectivity index (χ2n) is 18.8. The van der Waals surface area contributed by atoms with Crippen LogP contribution in [-0.2, 0) is 19.1 Å². The molecule has 4 atom stereocenters. The van der Waals surface area contributed by atoms with Crippen molar-refractivity contribution in [1.29, 1.82) is 0 Å². The molecule has 4 aromatic rings. The zero-order valence-corrected chi connectivity index (χ0v) is 37.8. The second-order valence-corrected chi connectivity index (χ2v) is 23.8. The number of aromatic amines is 2. The molecular formula is C45H62N8O6Si. The summed E-state index contributed by atoms with van der Waals surface area (Å²) in [6, 6.07) is 15.7. The van der Waals surface area contributed by atoms with Gasteiger partial charge in [-0.15, -0.1) is 0 Å². The fraction of sp³-hybridized carbons (Fsp3) is 0.511. The summed E-state index contributed by atoms with van der Waals surface area (Å²) in [4.78, 5) is 72.7. The Morgan fingerprint density at radius 2 is 1.12 bits per heavy atom. The lowest BCUT2D eigenvalue weighted by Gasteiger charge is -2.29. The van der Waals surface area contributed by atoms with E-state index in [0.717, 1.165) is 64.2 Å². The minimum Gasteiger partial charge on any atom is -0.444 e. The summed E-state index contributed by atoms with van der Waals surface area (Å²) in [6.45, 7) is 19.7. The zero-order chi connectivity index (χ0) is 43.6. The molecule has 14 nitrogen and oxygen atoms in total. The van der Waals surface area contributed by atoms with Gasteiger partial charge in [-0.2, -0.15) is 0 Å². The maximum atomic E-state index is 13.9. The Morgan fingerprint density at radius 3 is 1.55 bits per heavy atom. The first-order chi connectivity index (χ1) is 28.2. The Kier molecular flexibility index (Phi) is 13.0. The number of hydrogen-bond donors (Lipinski definition) is 4. The Labute approximate surface area is 354 Å². The van der Waals surface area contributed by atoms with Crippen LogP contribution >= 0.6 is 0 Å². The molecule has 0 unspecified atom stereocenters. The van der Waals surface area contributed by atoms with Crippen LogP contribution in [0.25, 0.3) is 33.6 Å². The number of amides is 4. The summed E-state index contributed by atoms with van der Waals surface area (Å²) < 4.78 is 10.8. The number of benzene rings is 2. The molecule has 4 N–H and O–H groups in total. The van der Waals surface area contributed by atoms with Gasteiger partial charge < -0.3 is 39.9 Å². The average molecular weight is 839 g/mol. The van der Waals surface area contributed by atoms with Gasteiger partial charge in [-0.25, -0.2) is 19.6 Å². The summed E-state index contributed by atoms with van der Waals surface area (Å²) in [6.07, 6.45) is 5.65. The van der Waals surface area contributed by atoms with Gasteiger partial charge in [0.2, 0.25) is 11.8 Å². The SMILES string of the molecule is CC[C@H](NC(=O)OC(C)(C)C)C(=O)N1CCC[C@H]1c1ncc(-c2ccc(-c3ccc(-c4cnc([C@@H]5C[Si](C)(C)CN5C(=O)[C@H](CC)NC(=O)OC(C)(C)C)[nH]4)cc3)cc2)[nH]1. The lowest BCUT2D eigenvalue weighted by atomic mass is 10.0. The van der Waals surface area contributed by atoms with Crippen molar-refractivity contribution in [3.8, 4) is 33.6 Å². The Balaban J connectivity index is 1.10. The highest BCUT2D eigenvalue weighted by Gasteiger charge is 2.45. The van der Waals surface area contributed by atoms with Crippen LogP contribution in [0.3, 0.4) is 0 Å². The molecule has 0 bridgehead atoms. The number of nitrogens with one attached hydrogen (secondary N) is 4. The number of rotatable bonds is 11. The third-order valence-corrected chi connectivity index (χ3v) is 13.6. The molecule has 4 heterocycles. The van der Waals surface area contributed by atoms with E-state index in [4.69, 9.17) is 19.4 Å². The first kappa shape index (κ1) is 44.1. The van der Waals surface area contributed by atoms with Crippen LogP contribution in [0.2, 0.25) is 19.1 Å². The number of carbonyl (C=O) groups is 4. The van der Waals surface area contributed by atoms with Crippen molar-refractivity contribution in [2.75, 3.05) is 12.7 Å². The monoisotopic (exact) mass is 838 g/mol. The van der Waals surface area contributed by atoms with Crippen molar-refractivity contribution in [3.63, 3.8) is 0 Å². The highest BCUT2D eigenvalue weighted by atomic mass is 28.3. The number of H-pyrrole nitrogens is 2. The molecule has 0 saturated carbocycles. The molecule has 0 aliphatic carbocycles. The van der Waals surface area contributed by atoms with Gasteiger partial charge >= 0.3 is 12.2 Å². The molecule has 2 aliphatic rings. The second kappa shape index (κ2) is 17.6. The first-order valence-electron chi connectivity index (χ1n) is 21.1. The smallest absolute Gasteiger partial charge is 0.408 e. The quantitative estimate of drug-likeness (QED) is 0.109. The molecule has 0 spiro atoms. The van der Waals surface area contributed by atoms with Gasteiger partial charge in [-0.1, -0.05) is 75.5 Å². The van der Waals surface area contributed by atoms with Gasteiger partial charge in [-0.05, 0) is 95.5 Å². The third kappa shape index (κ3) is 10.6. The van der Waals surface area contributed by atoms with Crippen LogP contribution in [0, 0.1) is 0 Å². The van der Waals surface area contributed by atoms with Crippen LogP contribution in [0.1, 0.15) is 105 Å². The maximum absolute atomic E-state index is 13.9. The standard InChI is InChI=1S/C45H62N8O6Si/c1-11-32(50-42(56)58-44(3,4)5)40(54)52-23-13-14-36(52)38-46-24-34(48-38)30-19-15-28(16-20-30)29-17-21-31(22-18-29)35-25-47-39(49-35)37-26-60(9,10)27-53(37)41(55)33(12-2)51-43(57)59-45(6,7)8/h15-22,24-25,32-33,36-37H,11-14,23,26-27H2,1-10H3,(H,46,48)(H,47,49)(H,50,56)(H,51,57)/t32-,33-,36-,37-/m0/s1. The van der Waals surface area contributed by atoms with E-state index in [2.05, 4.69) is 82.2 Å². The number of imidazole rings is 2. The molecule has 2 aromatic heterocycles. The van der Waals surface area contributed by atoms with Crippen LogP contribution in [0.15, 0.2) is 60.9 Å². The topological polar surface area (TPSA) is 175 Å². The zero-order valence-electron chi connectivity index (χ0n) is 36.8. The van der Waals surface area contributed by atoms with Crippen molar-refractivity contribution in [2.24, 2.45) is 0 Å². The molecule has 2 aliphatic heterocycles. The van der Waals surface area contributed by atoms with Gasteiger partial charge in [0.15, 0.2) is 0 Å². The van der Waals surface area contributed by atoms with Crippen LogP contribution < -0.4 is 10.6 Å². The average Bonchev–Trinajstić information content (AvgIpc) is 4.00. The van der Waals surface area contributed by atoms with Crippen LogP contribution in [-0.4, -0.2) is 97.8 Å². The number of aromatic nitrogens is 4. The number of hydrogen-bond acceptors (Lipinski definition) is 8. The molecule has 60 heavy (non-hydrogen) atoms. The van der Waals surface area contributed by atoms with E-state index in [0.29, 0.717) is 25.6 Å². The predicted octanol–water partition coefficient (Wildman–Crippen LogP) is 8.53. The lowest BCUT2D eigenvalue weighted by molar-refractivity contribution is -0.135. The van der Waals surface area contributed by atoms with E-state index in [-0.39, 0.29) is 23.9 Å². The van der Waals surface area contributed by atoms with Crippen LogP contribution in [0.4, 0.5) is 9.59 Å². The Bertz CT molecular complexity index is 2150. The van der Waals surface area contributed by atoms with E-state index < -0.39 is 43.5 Å². The molecule has 2 fully saturated rings. The van der Waals surface area contributed by atoms with Crippen LogP contribution in [0.5, 0.6) is 0 Å². The summed E-state index contributed by atoms with van der Waals surface area (Å²) in [5.41, 5.74) is 4.49.